The molecule has 3 aromatic rings. The van der Waals surface area contributed by atoms with Gasteiger partial charge in [0.15, 0.2) is 0 Å². The van der Waals surface area contributed by atoms with Crippen LogP contribution in [0, 0.1) is 0 Å². The number of hydrogen-bond donors (Lipinski definition) is 1. The fraction of sp³-hybridized carbons (Fsp3) is 0.318. The highest BCUT2D eigenvalue weighted by Crippen LogP contribution is 2.32. The lowest BCUT2D eigenvalue weighted by Crippen LogP contribution is -2.30. The first-order valence-corrected chi connectivity index (χ1v) is 9.26. The molecule has 3 rings (SSSR count). The Hall–Kier alpha value is -2.95. The Morgan fingerprint density at radius 2 is 1.63 bits per heavy atom. The highest BCUT2D eigenvalue weighted by Gasteiger charge is 2.17. The molecule has 0 saturated heterocycles. The first-order valence-electron chi connectivity index (χ1n) is 9.26. The van der Waals surface area contributed by atoms with E-state index in [-0.39, 0.29) is 29.8 Å². The number of para-hydroxylation sites is 1. The van der Waals surface area contributed by atoms with Gasteiger partial charge in [0.1, 0.15) is 6.54 Å². The van der Waals surface area contributed by atoms with E-state index in [4.69, 9.17) is 0 Å². The van der Waals surface area contributed by atoms with E-state index in [9.17, 15) is 9.59 Å². The zero-order valence-corrected chi connectivity index (χ0v) is 16.2. The molecule has 0 unspecified atom stereocenters. The number of fused-ring (bicyclic) bond motifs is 1. The van der Waals surface area contributed by atoms with Crippen LogP contribution in [0.1, 0.15) is 50.7 Å². The van der Waals surface area contributed by atoms with E-state index < -0.39 is 0 Å². The number of nitrogens with zero attached hydrogens (tertiary/aromatic N) is 2. The molecule has 140 valence electrons. The molecule has 0 atom stereocenters. The Balaban J connectivity index is 1.91. The maximum Gasteiger partial charge on any atom is 0.275 e. The molecule has 5 heteroatoms. The number of amides is 1. The minimum Gasteiger partial charge on any atom is -0.324 e. The molecule has 1 aromatic heterocycles. The van der Waals surface area contributed by atoms with Crippen LogP contribution < -0.4 is 10.9 Å². The molecular weight excluding hydrogens is 338 g/mol. The zero-order valence-electron chi connectivity index (χ0n) is 16.2. The van der Waals surface area contributed by atoms with Crippen molar-refractivity contribution in [3.63, 3.8) is 0 Å². The molecule has 1 amide bonds. The average molecular weight is 363 g/mol. The van der Waals surface area contributed by atoms with E-state index in [1.54, 1.807) is 12.3 Å². The van der Waals surface area contributed by atoms with E-state index >= 15 is 0 Å². The summed E-state index contributed by atoms with van der Waals surface area (Å²) >= 11 is 0. The summed E-state index contributed by atoms with van der Waals surface area (Å²) in [5.74, 6) is 0.302. The van der Waals surface area contributed by atoms with Crippen molar-refractivity contribution in [2.45, 2.75) is 46.1 Å². The van der Waals surface area contributed by atoms with Crippen LogP contribution in [-0.4, -0.2) is 15.7 Å². The average Bonchev–Trinajstić information content (AvgIpc) is 2.64. The summed E-state index contributed by atoms with van der Waals surface area (Å²) in [7, 11) is 0. The van der Waals surface area contributed by atoms with Crippen LogP contribution in [0.4, 0.5) is 5.69 Å². The van der Waals surface area contributed by atoms with Gasteiger partial charge >= 0.3 is 0 Å². The largest absolute Gasteiger partial charge is 0.324 e. The van der Waals surface area contributed by atoms with Crippen LogP contribution in [0.2, 0.25) is 0 Å². The summed E-state index contributed by atoms with van der Waals surface area (Å²) < 4.78 is 1.21. The van der Waals surface area contributed by atoms with Crippen molar-refractivity contribution in [1.29, 1.82) is 0 Å². The van der Waals surface area contributed by atoms with Crippen LogP contribution in [-0.2, 0) is 11.3 Å². The number of anilines is 1. The number of aromatic nitrogens is 2. The van der Waals surface area contributed by atoms with Gasteiger partial charge in [-0.15, -0.1) is 0 Å². The number of rotatable bonds is 5. The van der Waals surface area contributed by atoms with Gasteiger partial charge in [-0.3, -0.25) is 9.59 Å². The van der Waals surface area contributed by atoms with Gasteiger partial charge in [0.2, 0.25) is 5.91 Å². The fourth-order valence-electron chi connectivity index (χ4n) is 3.25. The number of benzene rings is 2. The lowest BCUT2D eigenvalue weighted by Gasteiger charge is -2.20. The molecule has 0 radical (unpaired) electrons. The predicted molar refractivity (Wildman–Crippen MR) is 109 cm³/mol. The summed E-state index contributed by atoms with van der Waals surface area (Å²) in [6.45, 7) is 8.29. The number of carbonyl (C=O) groups excluding carboxylic acids is 1. The van der Waals surface area contributed by atoms with E-state index in [0.29, 0.717) is 5.39 Å². The Labute approximate surface area is 159 Å². The van der Waals surface area contributed by atoms with E-state index in [1.165, 1.54) is 4.68 Å². The molecule has 0 fully saturated rings. The van der Waals surface area contributed by atoms with E-state index in [0.717, 1.165) is 22.2 Å². The topological polar surface area (TPSA) is 64.0 Å². The molecule has 0 saturated carbocycles. The van der Waals surface area contributed by atoms with Gasteiger partial charge in [-0.05, 0) is 29.0 Å². The standard InChI is InChI=1S/C22H25N3O2/c1-14(2)17-10-7-11-18(15(3)4)21(17)24-20(26)13-25-22(27)19-9-6-5-8-16(19)12-23-25/h5-12,14-15H,13H2,1-4H3,(H,24,26). The number of hydrogen-bond acceptors (Lipinski definition) is 3. The van der Waals surface area contributed by atoms with Crippen molar-refractivity contribution >= 4 is 22.4 Å². The minimum atomic E-state index is -0.260. The molecule has 2 aromatic carbocycles. The summed E-state index contributed by atoms with van der Waals surface area (Å²) in [5, 5.41) is 8.50. The van der Waals surface area contributed by atoms with Gasteiger partial charge in [-0.1, -0.05) is 64.1 Å². The quantitative estimate of drug-likeness (QED) is 0.736. The van der Waals surface area contributed by atoms with Gasteiger partial charge in [-0.25, -0.2) is 4.68 Å². The molecule has 0 aliphatic heterocycles. The second-order valence-electron chi connectivity index (χ2n) is 7.36. The van der Waals surface area contributed by atoms with Crippen molar-refractivity contribution < 1.29 is 4.79 Å². The third-order valence-electron chi connectivity index (χ3n) is 4.69. The molecule has 0 bridgehead atoms. The third kappa shape index (κ3) is 3.92. The molecule has 0 spiro atoms. The summed E-state index contributed by atoms with van der Waals surface area (Å²) in [6.07, 6.45) is 1.62. The normalized spacial score (nSPS) is 11.3. The second kappa shape index (κ2) is 7.74. The highest BCUT2D eigenvalue weighted by atomic mass is 16.2. The van der Waals surface area contributed by atoms with Gasteiger partial charge in [0.25, 0.3) is 5.56 Å². The van der Waals surface area contributed by atoms with Crippen molar-refractivity contribution in [2.75, 3.05) is 5.32 Å². The van der Waals surface area contributed by atoms with Crippen LogP contribution in [0.15, 0.2) is 53.5 Å². The Bertz CT molecular complexity index is 1010. The Morgan fingerprint density at radius 1 is 1.00 bits per heavy atom. The van der Waals surface area contributed by atoms with Crippen LogP contribution >= 0.6 is 0 Å². The Kier molecular flexibility index (Phi) is 5.40. The van der Waals surface area contributed by atoms with Gasteiger partial charge in [0, 0.05) is 11.1 Å². The SMILES string of the molecule is CC(C)c1cccc(C(C)C)c1NC(=O)Cn1ncc2ccccc2c1=O. The minimum absolute atomic E-state index is 0.117. The monoisotopic (exact) mass is 363 g/mol. The lowest BCUT2D eigenvalue weighted by atomic mass is 9.92. The maximum atomic E-state index is 12.7. The van der Waals surface area contributed by atoms with Crippen LogP contribution in [0.5, 0.6) is 0 Å². The first kappa shape index (κ1) is 18.8. The van der Waals surface area contributed by atoms with Crippen molar-refractivity contribution in [3.05, 3.63) is 70.1 Å². The fourth-order valence-corrected chi connectivity index (χ4v) is 3.25. The predicted octanol–water partition coefficient (Wildman–Crippen LogP) is 4.28. The molecule has 0 aliphatic rings. The van der Waals surface area contributed by atoms with Crippen LogP contribution in [0.3, 0.4) is 0 Å². The Morgan fingerprint density at radius 3 is 2.26 bits per heavy atom. The molecule has 1 N–H and O–H groups in total. The van der Waals surface area contributed by atoms with E-state index in [1.807, 2.05) is 36.4 Å². The molecule has 0 aliphatic carbocycles. The summed E-state index contributed by atoms with van der Waals surface area (Å²) in [4.78, 5) is 25.3. The number of carbonyl (C=O) groups is 1. The highest BCUT2D eigenvalue weighted by molar-refractivity contribution is 5.92. The molecule has 5 nitrogen and oxygen atoms in total. The lowest BCUT2D eigenvalue weighted by molar-refractivity contribution is -0.117. The molecular formula is C22H25N3O2. The summed E-state index contributed by atoms with van der Waals surface area (Å²) in [5.41, 5.74) is 2.77. The zero-order chi connectivity index (χ0) is 19.6. The van der Waals surface area contributed by atoms with Gasteiger partial charge in [-0.2, -0.15) is 5.10 Å². The first-order chi connectivity index (χ1) is 12.9. The van der Waals surface area contributed by atoms with E-state index in [2.05, 4.69) is 38.1 Å². The number of nitrogens with one attached hydrogen (secondary N) is 1. The van der Waals surface area contributed by atoms with Crippen molar-refractivity contribution in [1.82, 2.24) is 9.78 Å². The third-order valence-corrected chi connectivity index (χ3v) is 4.69. The molecule has 27 heavy (non-hydrogen) atoms. The van der Waals surface area contributed by atoms with Crippen LogP contribution in [0.25, 0.3) is 10.8 Å². The van der Waals surface area contributed by atoms with Gasteiger partial charge < -0.3 is 5.32 Å². The maximum absolute atomic E-state index is 12.7. The van der Waals surface area contributed by atoms with Crippen molar-refractivity contribution in [3.8, 4) is 0 Å². The summed E-state index contributed by atoms with van der Waals surface area (Å²) in [6, 6.07) is 13.3. The smallest absolute Gasteiger partial charge is 0.275 e. The second-order valence-corrected chi connectivity index (χ2v) is 7.36. The van der Waals surface area contributed by atoms with Gasteiger partial charge in [0.05, 0.1) is 11.6 Å². The molecule has 1 heterocycles. The van der Waals surface area contributed by atoms with Crippen molar-refractivity contribution in [2.24, 2.45) is 0 Å².